The monoisotopic (exact) mass is 391 g/mol. The topological polar surface area (TPSA) is 0 Å². The third-order valence-electron chi connectivity index (χ3n) is 2.60. The van der Waals surface area contributed by atoms with Crippen molar-refractivity contribution >= 4 is 24.8 Å². The molecule has 113 valence electrons. The summed E-state index contributed by atoms with van der Waals surface area (Å²) in [6.07, 6.45) is 0. The summed E-state index contributed by atoms with van der Waals surface area (Å²) in [6, 6.07) is 9.04. The first-order chi connectivity index (χ1) is 8.54. The van der Waals surface area contributed by atoms with E-state index in [9.17, 15) is 0 Å². The van der Waals surface area contributed by atoms with Gasteiger partial charge in [-0.25, -0.2) is 0 Å². The van der Waals surface area contributed by atoms with Crippen LogP contribution in [0.15, 0.2) is 24.3 Å². The number of alkyl halides is 1. The van der Waals surface area contributed by atoms with Gasteiger partial charge in [-0.05, 0) is 22.5 Å². The molecule has 1 aromatic rings. The van der Waals surface area contributed by atoms with Gasteiger partial charge in [0, 0.05) is 0 Å². The standard InChI is InChI=1S/C15H25P.CH2Cl.Pd/c1-12-9-8-10-13(11-12)16(14(2,3)4)15(5,6)7;1-2;/h8-11H,1-7H3;1H2;. The first-order valence-corrected chi connectivity index (χ1v) is 9.46. The van der Waals surface area contributed by atoms with E-state index in [0.717, 1.165) is 0 Å². The first kappa shape index (κ1) is 19.6. The fraction of sp³-hybridized carbons (Fsp3) is 0.625. The van der Waals surface area contributed by atoms with Gasteiger partial charge in [0.25, 0.3) is 0 Å². The molecule has 0 amide bonds. The summed E-state index contributed by atoms with van der Waals surface area (Å²) in [5, 5.41) is 2.26. The number of halogens is 1. The average molecular weight is 392 g/mol. The summed E-state index contributed by atoms with van der Waals surface area (Å²) in [5.41, 5.74) is 1.37. The molecule has 19 heavy (non-hydrogen) atoms. The van der Waals surface area contributed by atoms with Crippen molar-refractivity contribution in [3.63, 3.8) is 0 Å². The number of aryl methyl sites for hydroxylation is 1. The molecule has 0 heterocycles. The van der Waals surface area contributed by atoms with Crippen molar-refractivity contribution in [3.05, 3.63) is 29.8 Å². The number of rotatable bonds is 1. The van der Waals surface area contributed by atoms with Gasteiger partial charge < -0.3 is 0 Å². The Balaban J connectivity index is 0.000000982. The Morgan fingerprint density at radius 1 is 1.05 bits per heavy atom. The number of hydrogen-bond acceptors (Lipinski definition) is 0. The fourth-order valence-electron chi connectivity index (χ4n) is 2.55. The van der Waals surface area contributed by atoms with Crippen LogP contribution in [0.1, 0.15) is 47.1 Å². The summed E-state index contributed by atoms with van der Waals surface area (Å²) < 4.78 is 0.572. The zero-order valence-corrected chi connectivity index (χ0v) is 16.4. The zero-order chi connectivity index (χ0) is 15.3. The Morgan fingerprint density at radius 2 is 1.47 bits per heavy atom. The summed E-state index contributed by atoms with van der Waals surface area (Å²) >= 11 is 7.64. The average Bonchev–Trinajstić information content (AvgIpc) is 2.13. The molecule has 0 saturated heterocycles. The predicted octanol–water partition coefficient (Wildman–Crippen LogP) is 5.43. The molecule has 0 aliphatic heterocycles. The minimum atomic E-state index is -0.154. The summed E-state index contributed by atoms with van der Waals surface area (Å²) in [4.78, 5) is 0. The van der Waals surface area contributed by atoms with Gasteiger partial charge in [-0.1, -0.05) is 79.3 Å². The van der Waals surface area contributed by atoms with E-state index in [0.29, 0.717) is 14.7 Å². The molecule has 3 heteroatoms. The van der Waals surface area contributed by atoms with Crippen LogP contribution in [0.2, 0.25) is 0 Å². The van der Waals surface area contributed by atoms with Gasteiger partial charge in [-0.15, -0.1) is 0 Å². The predicted molar refractivity (Wildman–Crippen MR) is 88.0 cm³/mol. The van der Waals surface area contributed by atoms with E-state index in [2.05, 4.69) is 91.9 Å². The van der Waals surface area contributed by atoms with E-state index in [-0.39, 0.29) is 7.92 Å². The van der Waals surface area contributed by atoms with Gasteiger partial charge in [0.1, 0.15) is 0 Å². The van der Waals surface area contributed by atoms with Gasteiger partial charge >= 0.3 is 35.2 Å². The van der Waals surface area contributed by atoms with E-state index >= 15 is 0 Å². The van der Waals surface area contributed by atoms with E-state index in [1.807, 2.05) is 0 Å². The van der Waals surface area contributed by atoms with Crippen LogP contribution in [0.3, 0.4) is 0 Å². The van der Waals surface area contributed by atoms with Crippen LogP contribution >= 0.6 is 19.5 Å². The molecule has 0 unspecified atom stereocenters. The quantitative estimate of drug-likeness (QED) is 0.340. The van der Waals surface area contributed by atoms with Crippen molar-refractivity contribution in [2.45, 2.75) is 58.8 Å². The molecule has 0 N–H and O–H groups in total. The van der Waals surface area contributed by atoms with Crippen LogP contribution in [-0.4, -0.2) is 14.7 Å². The minimum absolute atomic E-state index is 0.154. The van der Waals surface area contributed by atoms with E-state index in [4.69, 9.17) is 11.6 Å². The molecule has 0 aliphatic carbocycles. The summed E-state index contributed by atoms with van der Waals surface area (Å²) in [5.74, 6) is 0. The van der Waals surface area contributed by atoms with Gasteiger partial charge in [-0.3, -0.25) is 0 Å². The molecule has 0 aromatic heterocycles. The maximum atomic E-state index is 4.93. The molecule has 1 aromatic carbocycles. The van der Waals surface area contributed by atoms with E-state index in [1.54, 1.807) is 0 Å². The van der Waals surface area contributed by atoms with Crippen LogP contribution in [0.25, 0.3) is 0 Å². The van der Waals surface area contributed by atoms with Gasteiger partial charge in [0.2, 0.25) is 0 Å². The van der Waals surface area contributed by atoms with Gasteiger partial charge in [0.05, 0.1) is 0 Å². The molecule has 0 bridgehead atoms. The third kappa shape index (κ3) is 7.25. The van der Waals surface area contributed by atoms with Crippen LogP contribution in [-0.2, 0) is 19.2 Å². The van der Waals surface area contributed by atoms with Gasteiger partial charge in [0.15, 0.2) is 0 Å². The maximum absolute atomic E-state index is 4.93. The molecule has 0 saturated carbocycles. The molecular formula is C16H27ClPPd. The second-order valence-electron chi connectivity index (χ2n) is 6.60. The molecule has 0 spiro atoms. The number of benzene rings is 1. The Kier molecular flexibility index (Phi) is 8.40. The summed E-state index contributed by atoms with van der Waals surface area (Å²) in [6.45, 7) is 16.4. The molecular weight excluding hydrogens is 365 g/mol. The molecule has 0 nitrogen and oxygen atoms in total. The van der Waals surface area contributed by atoms with Crippen molar-refractivity contribution in [3.8, 4) is 0 Å². The second kappa shape index (κ2) is 8.14. The Bertz CT molecular complexity index is 363. The Morgan fingerprint density at radius 3 is 1.79 bits per heavy atom. The van der Waals surface area contributed by atoms with Crippen molar-refractivity contribution < 1.29 is 19.2 Å². The van der Waals surface area contributed by atoms with Crippen LogP contribution in [0, 0.1) is 6.92 Å². The Hall–Kier alpha value is 0.602. The fourth-order valence-corrected chi connectivity index (χ4v) is 6.68. The van der Waals surface area contributed by atoms with Crippen LogP contribution < -0.4 is 5.30 Å². The third-order valence-corrected chi connectivity index (χ3v) is 6.08. The second-order valence-corrected chi connectivity index (χ2v) is 11.9. The van der Waals surface area contributed by atoms with Crippen molar-refractivity contribution in [1.29, 1.82) is 0 Å². The van der Waals surface area contributed by atoms with Crippen molar-refractivity contribution in [1.82, 2.24) is 0 Å². The van der Waals surface area contributed by atoms with Gasteiger partial charge in [-0.2, -0.15) is 0 Å². The zero-order valence-electron chi connectivity index (χ0n) is 13.2. The molecule has 0 radical (unpaired) electrons. The summed E-state index contributed by atoms with van der Waals surface area (Å²) in [7, 11) is -0.154. The van der Waals surface area contributed by atoms with Crippen LogP contribution in [0.5, 0.6) is 0 Å². The van der Waals surface area contributed by atoms with Crippen molar-refractivity contribution in [2.24, 2.45) is 0 Å². The number of hydrogen-bond donors (Lipinski definition) is 0. The first-order valence-electron chi connectivity index (χ1n) is 6.48. The van der Waals surface area contributed by atoms with E-state index in [1.165, 1.54) is 10.9 Å². The van der Waals surface area contributed by atoms with Crippen LogP contribution in [0.4, 0.5) is 0 Å². The normalized spacial score (nSPS) is 12.2. The molecule has 0 atom stereocenters. The molecule has 0 fully saturated rings. The SMILES string of the molecule is Cc1cccc(P(C(C)(C)C)C(C)(C)C)c1.Cl[CH2][Pd]. The molecule has 0 aliphatic rings. The Labute approximate surface area is 136 Å². The molecule has 1 rings (SSSR count). The van der Waals surface area contributed by atoms with E-state index < -0.39 is 0 Å². The van der Waals surface area contributed by atoms with Crippen molar-refractivity contribution in [2.75, 3.05) is 4.35 Å².